The molecule has 0 radical (unpaired) electrons. The number of carbonyl (C=O) groups excluding carboxylic acids is 1. The Morgan fingerprint density at radius 3 is 2.85 bits per heavy atom. The molecule has 2 atom stereocenters. The highest BCUT2D eigenvalue weighted by Gasteiger charge is 2.33. The van der Waals surface area contributed by atoms with Crippen molar-refractivity contribution in [3.63, 3.8) is 0 Å². The summed E-state index contributed by atoms with van der Waals surface area (Å²) in [5, 5.41) is 12.7. The summed E-state index contributed by atoms with van der Waals surface area (Å²) in [6.45, 7) is 7.92. The lowest BCUT2D eigenvalue weighted by atomic mass is 9.80. The summed E-state index contributed by atoms with van der Waals surface area (Å²) in [6.07, 6.45) is 7.51. The maximum atomic E-state index is 12.3. The van der Waals surface area contributed by atoms with Crippen molar-refractivity contribution in [2.45, 2.75) is 44.8 Å². The zero-order valence-electron chi connectivity index (χ0n) is 23.0. The number of benzene rings is 2. The number of amides is 1. The molecule has 1 N–H and O–H groups in total. The zero-order chi connectivity index (χ0) is 27.8. The van der Waals surface area contributed by atoms with E-state index in [2.05, 4.69) is 29.5 Å². The number of rotatable bonds is 6. The number of aryl methyl sites for hydroxylation is 1. The first-order valence-electron chi connectivity index (χ1n) is 13.8. The van der Waals surface area contributed by atoms with Gasteiger partial charge < -0.3 is 24.2 Å². The van der Waals surface area contributed by atoms with Crippen LogP contribution in [0, 0.1) is 0 Å². The molecule has 1 aliphatic heterocycles. The minimum atomic E-state index is -0.0446. The molecular weight excluding hydrogens is 504 g/mol. The van der Waals surface area contributed by atoms with E-state index in [1.54, 1.807) is 6.33 Å². The van der Waals surface area contributed by atoms with Crippen LogP contribution < -0.4 is 9.64 Å². The standard InChI is InChI=1S/C31H34N6O3/c1-4-29(39)36-11-12-37(20(2)16-36)30-26-10-9-22(27-15-24(38)13-21-7-5-6-8-25(21)27)14-28(26)33-31(34-30)40-18-23-17-35(3)19-32-23/h4-8,13,15,17,19-20,22,38H,1,9-12,14,16,18H2,2-3H3/t20-,22-/m0/s1. The molecule has 3 heterocycles. The van der Waals surface area contributed by atoms with Gasteiger partial charge in [0.15, 0.2) is 0 Å². The smallest absolute Gasteiger partial charge is 0.318 e. The Bertz CT molecular complexity index is 1580. The SMILES string of the molecule is C=CC(=O)N1CCN(c2nc(OCc3cn(C)cn3)nc3c2CC[C@H](c2cc(O)cc4ccccc24)C3)[C@@H](C)C1. The van der Waals surface area contributed by atoms with Gasteiger partial charge in [-0.25, -0.2) is 4.98 Å². The molecule has 40 heavy (non-hydrogen) atoms. The maximum Gasteiger partial charge on any atom is 0.318 e. The van der Waals surface area contributed by atoms with Crippen molar-refractivity contribution in [2.75, 3.05) is 24.5 Å². The number of hydrogen-bond donors (Lipinski definition) is 1. The molecule has 6 rings (SSSR count). The van der Waals surface area contributed by atoms with E-state index in [9.17, 15) is 9.90 Å². The van der Waals surface area contributed by atoms with Crippen molar-refractivity contribution in [3.8, 4) is 11.8 Å². The number of fused-ring (bicyclic) bond motifs is 2. The molecule has 0 saturated carbocycles. The number of phenols is 1. The number of phenolic OH excluding ortho intramolecular Hbond substituents is 1. The number of ether oxygens (including phenoxy) is 1. The van der Waals surface area contributed by atoms with Gasteiger partial charge in [-0.15, -0.1) is 0 Å². The molecule has 0 spiro atoms. The first kappa shape index (κ1) is 25.9. The number of anilines is 1. The summed E-state index contributed by atoms with van der Waals surface area (Å²) in [6, 6.07) is 12.3. The lowest BCUT2D eigenvalue weighted by Crippen LogP contribution is -2.54. The van der Waals surface area contributed by atoms with Crippen LogP contribution in [0.4, 0.5) is 5.82 Å². The fourth-order valence-corrected chi connectivity index (χ4v) is 6.08. The first-order chi connectivity index (χ1) is 19.4. The maximum absolute atomic E-state index is 12.3. The van der Waals surface area contributed by atoms with E-state index < -0.39 is 0 Å². The molecule has 0 unspecified atom stereocenters. The van der Waals surface area contributed by atoms with E-state index in [1.807, 2.05) is 53.0 Å². The summed E-state index contributed by atoms with van der Waals surface area (Å²) in [5.74, 6) is 1.33. The van der Waals surface area contributed by atoms with Gasteiger partial charge in [0.1, 0.15) is 18.2 Å². The van der Waals surface area contributed by atoms with Gasteiger partial charge in [-0.1, -0.05) is 30.8 Å². The molecule has 9 nitrogen and oxygen atoms in total. The number of carbonyl (C=O) groups is 1. The summed E-state index contributed by atoms with van der Waals surface area (Å²) in [7, 11) is 1.92. The lowest BCUT2D eigenvalue weighted by molar-refractivity contribution is -0.126. The molecular formula is C31H34N6O3. The Morgan fingerprint density at radius 2 is 2.08 bits per heavy atom. The molecule has 206 valence electrons. The molecule has 0 bridgehead atoms. The molecule has 4 aromatic rings. The number of piperazine rings is 1. The molecule has 1 amide bonds. The number of hydrogen-bond acceptors (Lipinski definition) is 7. The van der Waals surface area contributed by atoms with E-state index in [-0.39, 0.29) is 30.2 Å². The van der Waals surface area contributed by atoms with Crippen LogP contribution in [0.5, 0.6) is 11.8 Å². The Kier molecular flexibility index (Phi) is 6.88. The molecule has 1 saturated heterocycles. The predicted molar refractivity (Wildman–Crippen MR) is 154 cm³/mol. The van der Waals surface area contributed by atoms with Gasteiger partial charge in [-0.2, -0.15) is 9.97 Å². The summed E-state index contributed by atoms with van der Waals surface area (Å²) in [5.41, 5.74) is 4.06. The van der Waals surface area contributed by atoms with E-state index in [1.165, 1.54) is 6.08 Å². The van der Waals surface area contributed by atoms with Crippen LogP contribution in [0.1, 0.15) is 41.8 Å². The van der Waals surface area contributed by atoms with Crippen molar-refractivity contribution in [1.82, 2.24) is 24.4 Å². The normalized spacial score (nSPS) is 18.9. The van der Waals surface area contributed by atoms with Gasteiger partial charge in [0.2, 0.25) is 5.91 Å². The molecule has 9 heteroatoms. The van der Waals surface area contributed by atoms with Gasteiger partial charge in [0, 0.05) is 44.5 Å². The zero-order valence-corrected chi connectivity index (χ0v) is 23.0. The Hall–Kier alpha value is -4.40. The van der Waals surface area contributed by atoms with Gasteiger partial charge in [0.25, 0.3) is 0 Å². The number of nitrogens with zero attached hydrogens (tertiary/aromatic N) is 6. The minimum absolute atomic E-state index is 0.0446. The molecule has 1 fully saturated rings. The van der Waals surface area contributed by atoms with Crippen molar-refractivity contribution in [2.24, 2.45) is 7.05 Å². The quantitative estimate of drug-likeness (QED) is 0.369. The van der Waals surface area contributed by atoms with Gasteiger partial charge >= 0.3 is 6.01 Å². The van der Waals surface area contributed by atoms with Gasteiger partial charge in [-0.3, -0.25) is 4.79 Å². The number of aromatic nitrogens is 4. The second-order valence-corrected chi connectivity index (χ2v) is 10.8. The lowest BCUT2D eigenvalue weighted by Gasteiger charge is -2.41. The Balaban J connectivity index is 1.35. The van der Waals surface area contributed by atoms with Crippen molar-refractivity contribution < 1.29 is 14.6 Å². The highest BCUT2D eigenvalue weighted by molar-refractivity contribution is 5.88. The largest absolute Gasteiger partial charge is 0.508 e. The number of aromatic hydroxyl groups is 1. The third-order valence-corrected chi connectivity index (χ3v) is 8.04. The average molecular weight is 539 g/mol. The van der Waals surface area contributed by atoms with Crippen LogP contribution in [0.15, 0.2) is 61.6 Å². The fraction of sp³-hybridized carbons (Fsp3) is 0.355. The van der Waals surface area contributed by atoms with Crippen molar-refractivity contribution in [1.29, 1.82) is 0 Å². The van der Waals surface area contributed by atoms with E-state index in [4.69, 9.17) is 14.7 Å². The van der Waals surface area contributed by atoms with Crippen molar-refractivity contribution >= 4 is 22.5 Å². The van der Waals surface area contributed by atoms with E-state index in [0.717, 1.165) is 58.4 Å². The third kappa shape index (κ3) is 4.99. The number of imidazole rings is 1. The Morgan fingerprint density at radius 1 is 1.23 bits per heavy atom. The monoisotopic (exact) mass is 538 g/mol. The molecule has 1 aliphatic carbocycles. The van der Waals surface area contributed by atoms with E-state index >= 15 is 0 Å². The van der Waals surface area contributed by atoms with Gasteiger partial charge in [0.05, 0.1) is 17.7 Å². The van der Waals surface area contributed by atoms with Crippen LogP contribution in [0.3, 0.4) is 0 Å². The topological polar surface area (TPSA) is 96.6 Å². The van der Waals surface area contributed by atoms with Crippen LogP contribution >= 0.6 is 0 Å². The molecule has 2 aromatic heterocycles. The summed E-state index contributed by atoms with van der Waals surface area (Å²) < 4.78 is 7.99. The summed E-state index contributed by atoms with van der Waals surface area (Å²) >= 11 is 0. The van der Waals surface area contributed by atoms with Crippen LogP contribution in [0.25, 0.3) is 10.8 Å². The molecule has 2 aromatic carbocycles. The van der Waals surface area contributed by atoms with Crippen molar-refractivity contribution in [3.05, 3.63) is 84.1 Å². The fourth-order valence-electron chi connectivity index (χ4n) is 6.08. The first-order valence-corrected chi connectivity index (χ1v) is 13.8. The second-order valence-electron chi connectivity index (χ2n) is 10.8. The minimum Gasteiger partial charge on any atom is -0.508 e. The van der Waals surface area contributed by atoms with E-state index in [0.29, 0.717) is 25.6 Å². The Labute approximate surface area is 233 Å². The highest BCUT2D eigenvalue weighted by atomic mass is 16.5. The van der Waals surface area contributed by atoms with Gasteiger partial charge in [-0.05, 0) is 66.6 Å². The second kappa shape index (κ2) is 10.6. The molecule has 2 aliphatic rings. The van der Waals surface area contributed by atoms with Crippen LogP contribution in [0.2, 0.25) is 0 Å². The third-order valence-electron chi connectivity index (χ3n) is 8.04. The van der Waals surface area contributed by atoms with Crippen LogP contribution in [-0.4, -0.2) is 61.1 Å². The average Bonchev–Trinajstić information content (AvgIpc) is 3.39. The highest BCUT2D eigenvalue weighted by Crippen LogP contribution is 2.40. The predicted octanol–water partition coefficient (Wildman–Crippen LogP) is 4.14. The van der Waals surface area contributed by atoms with Crippen LogP contribution in [-0.2, 0) is 31.3 Å². The summed E-state index contributed by atoms with van der Waals surface area (Å²) in [4.78, 5) is 30.6.